The summed E-state index contributed by atoms with van der Waals surface area (Å²) in [5.41, 5.74) is 0. The molecule has 0 radical (unpaired) electrons. The maximum absolute atomic E-state index is 2.33. The molecule has 0 fully saturated rings. The Bertz CT molecular complexity index is 25.1. The third-order valence-electron chi connectivity index (χ3n) is 0.463. The van der Waals surface area contributed by atoms with Crippen LogP contribution in [0.15, 0.2) is 0 Å². The van der Waals surface area contributed by atoms with Crippen LogP contribution in [0.3, 0.4) is 0 Å². The Morgan fingerprint density at radius 3 is 2.00 bits per heavy atom. The van der Waals surface area contributed by atoms with E-state index in [1.165, 1.54) is 4.43 Å². The number of hydrogen-bond acceptors (Lipinski definition) is 0. The van der Waals surface area contributed by atoms with Gasteiger partial charge in [-0.1, -0.05) is 0 Å². The predicted molar refractivity (Wildman–Crippen MR) is 25.6 cm³/mol. The van der Waals surface area contributed by atoms with Crippen molar-refractivity contribution >= 4 is 0 Å². The molecule has 0 saturated carbocycles. The second-order valence-electron chi connectivity index (χ2n) is 1.82. The van der Waals surface area contributed by atoms with Crippen molar-refractivity contribution in [3.8, 4) is 0 Å². The Balaban J connectivity index is 2.63. The third-order valence-corrected chi connectivity index (χ3v) is 3.11. The second-order valence-corrected chi connectivity index (χ2v) is 4.22. The van der Waals surface area contributed by atoms with Crippen LogP contribution in [0.5, 0.6) is 0 Å². The van der Waals surface area contributed by atoms with Crippen LogP contribution in [0, 0.1) is 5.92 Å². The van der Waals surface area contributed by atoms with Gasteiger partial charge in [0.1, 0.15) is 0 Å². The van der Waals surface area contributed by atoms with E-state index in [1.807, 2.05) is 0 Å². The molecule has 40 valence electrons. The van der Waals surface area contributed by atoms with Gasteiger partial charge in [-0.3, -0.25) is 0 Å². The van der Waals surface area contributed by atoms with Gasteiger partial charge in [-0.25, -0.2) is 0 Å². The Kier molecular flexibility index (Phi) is 4.38. The fourth-order valence-electron chi connectivity index (χ4n) is 0.309. The molecule has 0 saturated heterocycles. The average Bonchev–Trinajstić information content (AvgIpc) is 1.35. The molecule has 0 unspecified atom stereocenters. The van der Waals surface area contributed by atoms with Crippen molar-refractivity contribution in [2.45, 2.75) is 13.8 Å². The van der Waals surface area contributed by atoms with E-state index in [9.17, 15) is 0 Å². The van der Waals surface area contributed by atoms with Gasteiger partial charge in [0.25, 0.3) is 0 Å². The van der Waals surface area contributed by atoms with Gasteiger partial charge in [0, 0.05) is 0 Å². The van der Waals surface area contributed by atoms with Crippen LogP contribution >= 0.6 is 0 Å². The zero-order chi connectivity index (χ0) is 4.99. The van der Waals surface area contributed by atoms with Crippen molar-refractivity contribution in [2.24, 2.45) is 5.92 Å². The first kappa shape index (κ1) is 6.73. The summed E-state index contributed by atoms with van der Waals surface area (Å²) in [5.74, 6) is 0.947. The molecule has 0 atom stereocenters. The molecule has 1 heteroatoms. The monoisotopic (exact) mass is 199 g/mol. The van der Waals surface area contributed by atoms with Gasteiger partial charge in [-0.2, -0.15) is 0 Å². The van der Waals surface area contributed by atoms with Gasteiger partial charge in [0.05, 0.1) is 0 Å². The van der Waals surface area contributed by atoms with Crippen molar-refractivity contribution in [1.82, 2.24) is 0 Å². The summed E-state index contributed by atoms with van der Waals surface area (Å²) >= 11 is 0.567. The van der Waals surface area contributed by atoms with Crippen molar-refractivity contribution in [2.75, 3.05) is 9.36 Å². The van der Waals surface area contributed by atoms with E-state index < -0.39 is 0 Å². The second kappa shape index (κ2) is 3.90. The van der Waals surface area contributed by atoms with Crippen molar-refractivity contribution in [1.29, 1.82) is 0 Å². The molecule has 0 aromatic heterocycles. The molecule has 0 spiro atoms. The van der Waals surface area contributed by atoms with Crippen LogP contribution in [0.2, 0.25) is 0 Å². The quantitative estimate of drug-likeness (QED) is 0.369. The molecule has 0 rings (SSSR count). The predicted octanol–water partition coefficient (Wildman–Crippen LogP) is -1.64. The first-order valence-corrected chi connectivity index (χ1v) is 5.89. The summed E-state index contributed by atoms with van der Waals surface area (Å²) < 4.78 is 1.48. The van der Waals surface area contributed by atoms with Gasteiger partial charge in [-0.15, -0.1) is 0 Å². The summed E-state index contributed by atoms with van der Waals surface area (Å²) in [6.07, 6.45) is 0. The number of rotatable bonds is 2. The molecule has 0 aliphatic heterocycles. The van der Waals surface area contributed by atoms with Gasteiger partial charge in [0.2, 0.25) is 0 Å². The molecule has 0 heterocycles. The van der Waals surface area contributed by atoms with Gasteiger partial charge in [-0.05, 0) is 0 Å². The standard InChI is InChI=1S/C5H12I/c1-5(2)4-6-3/h5H,4H2,1-3H3/q-1. The molecule has 0 nitrogen and oxygen atoms in total. The summed E-state index contributed by atoms with van der Waals surface area (Å²) in [5, 5.41) is 0. The van der Waals surface area contributed by atoms with Gasteiger partial charge < -0.3 is 0 Å². The molecule has 0 aromatic carbocycles. The van der Waals surface area contributed by atoms with Crippen molar-refractivity contribution < 1.29 is 21.2 Å². The zero-order valence-corrected chi connectivity index (χ0v) is 6.82. The SMILES string of the molecule is C[I-]CC(C)C. The number of halogens is 1. The Labute approximate surface area is 50.6 Å². The molecule has 0 aliphatic rings. The van der Waals surface area contributed by atoms with Crippen LogP contribution in [0.1, 0.15) is 13.8 Å². The van der Waals surface area contributed by atoms with Crippen LogP contribution in [-0.2, 0) is 0 Å². The van der Waals surface area contributed by atoms with E-state index in [0.717, 1.165) is 5.92 Å². The van der Waals surface area contributed by atoms with Crippen LogP contribution in [-0.4, -0.2) is 9.36 Å². The maximum atomic E-state index is 2.33. The molecule has 0 N–H and O–H groups in total. The summed E-state index contributed by atoms with van der Waals surface area (Å²) in [6.45, 7) is 4.56. The Hall–Kier alpha value is 0.730. The normalized spacial score (nSPS) is 10.7. The average molecular weight is 199 g/mol. The van der Waals surface area contributed by atoms with E-state index in [2.05, 4.69) is 18.8 Å². The molecular weight excluding hydrogens is 187 g/mol. The van der Waals surface area contributed by atoms with Crippen LogP contribution < -0.4 is 21.2 Å². The first-order chi connectivity index (χ1) is 2.77. The third kappa shape index (κ3) is 4.73. The summed E-state index contributed by atoms with van der Waals surface area (Å²) in [4.78, 5) is 2.33. The van der Waals surface area contributed by atoms with E-state index in [0.29, 0.717) is 21.2 Å². The topological polar surface area (TPSA) is 0 Å². The number of hydrogen-bond donors (Lipinski definition) is 0. The Morgan fingerprint density at radius 2 is 2.00 bits per heavy atom. The first-order valence-electron chi connectivity index (χ1n) is 2.21. The van der Waals surface area contributed by atoms with E-state index in [4.69, 9.17) is 0 Å². The number of alkyl halides is 2. The zero-order valence-electron chi connectivity index (χ0n) is 4.66. The fourth-order valence-corrected chi connectivity index (χ4v) is 2.07. The van der Waals surface area contributed by atoms with E-state index in [1.54, 1.807) is 0 Å². The summed E-state index contributed by atoms with van der Waals surface area (Å²) in [7, 11) is 0. The molecule has 0 bridgehead atoms. The van der Waals surface area contributed by atoms with Crippen LogP contribution in [0.25, 0.3) is 0 Å². The fraction of sp³-hybridized carbons (Fsp3) is 1.00. The van der Waals surface area contributed by atoms with Crippen molar-refractivity contribution in [3.05, 3.63) is 0 Å². The molecule has 0 aromatic rings. The minimum atomic E-state index is 0.567. The van der Waals surface area contributed by atoms with Gasteiger partial charge >= 0.3 is 50.3 Å². The minimum absolute atomic E-state index is 0.567. The van der Waals surface area contributed by atoms with E-state index >= 15 is 0 Å². The Morgan fingerprint density at radius 1 is 1.50 bits per heavy atom. The molecule has 0 aliphatic carbocycles. The van der Waals surface area contributed by atoms with E-state index in [-0.39, 0.29) is 0 Å². The summed E-state index contributed by atoms with van der Waals surface area (Å²) in [6, 6.07) is 0. The van der Waals surface area contributed by atoms with Crippen LogP contribution in [0.4, 0.5) is 0 Å². The molecular formula is C5H12I-. The van der Waals surface area contributed by atoms with Gasteiger partial charge in [0.15, 0.2) is 0 Å². The molecule has 0 amide bonds. The van der Waals surface area contributed by atoms with Crippen molar-refractivity contribution in [3.63, 3.8) is 0 Å². The molecule has 6 heavy (non-hydrogen) atoms.